The summed E-state index contributed by atoms with van der Waals surface area (Å²) in [6.45, 7) is 4.17. The van der Waals surface area contributed by atoms with E-state index in [1.54, 1.807) is 11.1 Å². The van der Waals surface area contributed by atoms with E-state index in [1.165, 1.54) is 0 Å². The number of H-pyrrole nitrogens is 1. The van der Waals surface area contributed by atoms with Gasteiger partial charge < -0.3 is 9.88 Å². The zero-order valence-electron chi connectivity index (χ0n) is 15.7. The second-order valence-electron chi connectivity index (χ2n) is 7.96. The minimum absolute atomic E-state index is 0.0240. The second-order valence-corrected chi connectivity index (χ2v) is 11.6. The van der Waals surface area contributed by atoms with Crippen molar-refractivity contribution in [2.75, 3.05) is 0 Å². The van der Waals surface area contributed by atoms with E-state index in [4.69, 9.17) is 16.6 Å². The van der Waals surface area contributed by atoms with Gasteiger partial charge in [0.2, 0.25) is 5.91 Å². The van der Waals surface area contributed by atoms with Crippen LogP contribution < -0.4 is 0 Å². The molecule has 4 heterocycles. The Morgan fingerprint density at radius 1 is 1.20 bits per heavy atom. The molecular formula is C20H13Br4ClN4O. The van der Waals surface area contributed by atoms with Crippen molar-refractivity contribution in [1.29, 1.82) is 0 Å². The van der Waals surface area contributed by atoms with Gasteiger partial charge in [0, 0.05) is 30.6 Å². The van der Waals surface area contributed by atoms with Crippen LogP contribution >= 0.6 is 75.3 Å². The summed E-state index contributed by atoms with van der Waals surface area (Å²) in [6, 6.07) is 1.96. The third-order valence-electron chi connectivity index (χ3n) is 5.75. The third kappa shape index (κ3) is 2.78. The highest BCUT2D eigenvalue weighted by molar-refractivity contribution is 9.14. The number of hydrogen-bond donors (Lipinski definition) is 1. The zero-order valence-corrected chi connectivity index (χ0v) is 22.8. The van der Waals surface area contributed by atoms with Gasteiger partial charge in [-0.15, -0.1) is 0 Å². The van der Waals surface area contributed by atoms with Crippen LogP contribution in [0.25, 0.3) is 5.03 Å². The number of aromatic nitrogens is 2. The van der Waals surface area contributed by atoms with Crippen LogP contribution in [0.15, 0.2) is 47.6 Å². The number of benzene rings is 1. The van der Waals surface area contributed by atoms with E-state index in [0.29, 0.717) is 21.9 Å². The fourth-order valence-electron chi connectivity index (χ4n) is 4.23. The Kier molecular flexibility index (Phi) is 4.84. The first-order valence-corrected chi connectivity index (χ1v) is 12.5. The summed E-state index contributed by atoms with van der Waals surface area (Å²) < 4.78 is 3.21. The number of imidazole rings is 1. The molecule has 1 atom stereocenters. The number of nitrogens with zero attached hydrogens (tertiary/aromatic N) is 3. The molecule has 30 heavy (non-hydrogen) atoms. The highest BCUT2D eigenvalue weighted by atomic mass is 79.9. The van der Waals surface area contributed by atoms with Gasteiger partial charge in [-0.05, 0) is 75.9 Å². The summed E-state index contributed by atoms with van der Waals surface area (Å²) in [4.78, 5) is 27.2. The summed E-state index contributed by atoms with van der Waals surface area (Å²) in [5.41, 5.74) is 2.92. The van der Waals surface area contributed by atoms with E-state index < -0.39 is 11.0 Å². The smallest absolute Gasteiger partial charge is 0.230 e. The summed E-state index contributed by atoms with van der Waals surface area (Å²) >= 11 is 21.1. The predicted octanol–water partition coefficient (Wildman–Crippen LogP) is 7.06. The SMILES string of the molecule is CC1(C)C=CC2=Nc3cc(Br)c(Br)c(Br)c3[C@@]23CC(=O)N3/C=C(/Cl)c2nc(Br)[nH]c21. The Morgan fingerprint density at radius 2 is 1.93 bits per heavy atom. The van der Waals surface area contributed by atoms with E-state index in [-0.39, 0.29) is 5.91 Å². The number of halogens is 5. The van der Waals surface area contributed by atoms with Crippen molar-refractivity contribution in [2.24, 2.45) is 4.99 Å². The van der Waals surface area contributed by atoms with Crippen LogP contribution in [-0.2, 0) is 15.7 Å². The topological polar surface area (TPSA) is 61.4 Å². The Hall–Kier alpha value is -0.740. The van der Waals surface area contributed by atoms with Gasteiger partial charge in [0.25, 0.3) is 0 Å². The Labute approximate surface area is 211 Å². The number of rotatable bonds is 0. The monoisotopic (exact) mass is 676 g/mol. The molecule has 1 N–H and O–H groups in total. The molecule has 0 radical (unpaired) electrons. The summed E-state index contributed by atoms with van der Waals surface area (Å²) in [5, 5.41) is 0.392. The van der Waals surface area contributed by atoms with Crippen LogP contribution in [0.5, 0.6) is 0 Å². The van der Waals surface area contributed by atoms with Crippen LogP contribution in [-0.4, -0.2) is 26.5 Å². The molecule has 1 aromatic heterocycles. The Morgan fingerprint density at radius 3 is 2.63 bits per heavy atom. The van der Waals surface area contributed by atoms with Crippen molar-refractivity contribution in [2.45, 2.75) is 31.2 Å². The highest BCUT2D eigenvalue weighted by Crippen LogP contribution is 2.57. The predicted molar refractivity (Wildman–Crippen MR) is 132 cm³/mol. The van der Waals surface area contributed by atoms with Gasteiger partial charge in [-0.2, -0.15) is 0 Å². The average Bonchev–Trinajstić information content (AvgIpc) is 3.22. The minimum Gasteiger partial charge on any atom is -0.335 e. The molecule has 1 aromatic carbocycles. The molecule has 5 nitrogen and oxygen atoms in total. The largest absolute Gasteiger partial charge is 0.335 e. The van der Waals surface area contributed by atoms with E-state index in [9.17, 15) is 4.79 Å². The second kappa shape index (κ2) is 6.88. The van der Waals surface area contributed by atoms with E-state index in [0.717, 1.165) is 36.1 Å². The molecule has 10 heteroatoms. The lowest BCUT2D eigenvalue weighted by atomic mass is 9.74. The van der Waals surface area contributed by atoms with Gasteiger partial charge in [0.15, 0.2) is 4.73 Å². The lowest BCUT2D eigenvalue weighted by Crippen LogP contribution is -2.61. The van der Waals surface area contributed by atoms with Crippen molar-refractivity contribution in [1.82, 2.24) is 14.9 Å². The van der Waals surface area contributed by atoms with Gasteiger partial charge in [-0.3, -0.25) is 9.79 Å². The minimum atomic E-state index is -0.716. The number of β-lactam (4-membered cyclic amide) rings is 1. The first-order valence-electron chi connectivity index (χ1n) is 8.98. The van der Waals surface area contributed by atoms with Crippen LogP contribution in [0.3, 0.4) is 0 Å². The first-order chi connectivity index (χ1) is 14.1. The van der Waals surface area contributed by atoms with Crippen molar-refractivity contribution in [3.05, 3.63) is 59.5 Å². The van der Waals surface area contributed by atoms with Crippen LogP contribution in [0.1, 0.15) is 37.2 Å². The summed E-state index contributed by atoms with van der Waals surface area (Å²) in [5.74, 6) is -0.0240. The van der Waals surface area contributed by atoms with Crippen molar-refractivity contribution in [3.63, 3.8) is 0 Å². The van der Waals surface area contributed by atoms with Crippen molar-refractivity contribution < 1.29 is 4.79 Å². The highest BCUT2D eigenvalue weighted by Gasteiger charge is 2.59. The van der Waals surface area contributed by atoms with E-state index in [1.807, 2.05) is 12.1 Å². The molecule has 0 aliphatic carbocycles. The van der Waals surface area contributed by atoms with Gasteiger partial charge in [-0.1, -0.05) is 31.5 Å². The number of hydrogen-bond acceptors (Lipinski definition) is 3. The van der Waals surface area contributed by atoms with Gasteiger partial charge >= 0.3 is 0 Å². The fourth-order valence-corrected chi connectivity index (χ4v) is 6.58. The van der Waals surface area contributed by atoms with Crippen LogP contribution in [0.4, 0.5) is 5.69 Å². The standard InChI is InChI=1S/C20H13Br4ClN4O/c1-19(2)4-3-11-20(13-10(26-11)5-8(21)14(22)15(13)23)6-12(30)29(20)7-9(25)16-17(19)28-18(24)27-16/h3-5,7H,6H2,1-2H3,(H,27,28)/b4-3?,9-7+/t20-/m1/s1. The Balaban J connectivity index is 1.82. The number of carbonyl (C=O) groups is 1. The van der Waals surface area contributed by atoms with Crippen LogP contribution in [0.2, 0.25) is 0 Å². The maximum Gasteiger partial charge on any atom is 0.230 e. The van der Waals surface area contributed by atoms with Gasteiger partial charge in [-0.25, -0.2) is 4.98 Å². The van der Waals surface area contributed by atoms with Gasteiger partial charge in [0.1, 0.15) is 11.2 Å². The zero-order chi connectivity index (χ0) is 21.6. The molecule has 2 aromatic rings. The lowest BCUT2D eigenvalue weighted by Gasteiger charge is -2.49. The number of nitrogens with one attached hydrogen (secondary N) is 1. The molecule has 0 bridgehead atoms. The molecular weight excluding hydrogens is 667 g/mol. The van der Waals surface area contributed by atoms with E-state index >= 15 is 0 Å². The molecule has 3 aliphatic heterocycles. The maximum absolute atomic E-state index is 12.8. The first kappa shape index (κ1) is 21.1. The molecule has 5 rings (SSSR count). The molecule has 1 saturated heterocycles. The summed E-state index contributed by atoms with van der Waals surface area (Å²) in [6.07, 6.45) is 6.09. The van der Waals surface area contributed by atoms with Crippen molar-refractivity contribution >= 4 is 97.7 Å². The number of aliphatic imine (C=N–C) groups is 1. The molecule has 154 valence electrons. The number of fused-ring (bicyclic) bond motifs is 2. The number of aromatic amines is 1. The fraction of sp³-hybridized carbons (Fsp3) is 0.250. The average molecular weight is 680 g/mol. The Bertz CT molecular complexity index is 1250. The normalized spacial score (nSPS) is 25.4. The van der Waals surface area contributed by atoms with Crippen LogP contribution in [0, 0.1) is 0 Å². The number of carbonyl (C=O) groups excluding carboxylic acids is 1. The van der Waals surface area contributed by atoms with Gasteiger partial charge in [0.05, 0.1) is 28.5 Å². The lowest BCUT2D eigenvalue weighted by molar-refractivity contribution is -0.145. The summed E-state index contributed by atoms with van der Waals surface area (Å²) in [7, 11) is 0. The van der Waals surface area contributed by atoms with Crippen molar-refractivity contribution in [3.8, 4) is 0 Å². The molecule has 3 aliphatic rings. The molecule has 1 fully saturated rings. The number of allylic oxidation sites excluding steroid dienone is 1. The molecule has 1 amide bonds. The third-order valence-corrected chi connectivity index (χ3v) is 9.71. The molecule has 0 saturated carbocycles. The van der Waals surface area contributed by atoms with E-state index in [2.05, 4.69) is 93.6 Å². The quantitative estimate of drug-likeness (QED) is 0.240. The molecule has 1 spiro atoms. The maximum atomic E-state index is 12.8. The number of amides is 1. The molecule has 0 unspecified atom stereocenters.